The van der Waals surface area contributed by atoms with Gasteiger partial charge in [0.2, 0.25) is 5.91 Å². The Morgan fingerprint density at radius 3 is 2.03 bits per heavy atom. The zero-order valence-corrected chi connectivity index (χ0v) is 16.0. The Kier molecular flexibility index (Phi) is 7.11. The fourth-order valence-corrected chi connectivity index (χ4v) is 3.04. The maximum Gasteiger partial charge on any atom is 0.254 e. The van der Waals surface area contributed by atoms with Gasteiger partial charge in [0.1, 0.15) is 11.9 Å². The molecule has 0 aliphatic heterocycles. The van der Waals surface area contributed by atoms with Crippen LogP contribution in [0.2, 0.25) is 0 Å². The van der Waals surface area contributed by atoms with E-state index in [1.54, 1.807) is 6.07 Å². The third-order valence-corrected chi connectivity index (χ3v) is 4.58. The summed E-state index contributed by atoms with van der Waals surface area (Å²) in [5.41, 5.74) is 1.94. The van der Waals surface area contributed by atoms with Crippen LogP contribution in [0.3, 0.4) is 0 Å². The van der Waals surface area contributed by atoms with Crippen molar-refractivity contribution in [3.63, 3.8) is 0 Å². The Morgan fingerprint density at radius 2 is 1.38 bits per heavy atom. The van der Waals surface area contributed by atoms with Crippen molar-refractivity contribution in [2.45, 2.75) is 18.9 Å². The van der Waals surface area contributed by atoms with Crippen LogP contribution in [0, 0.1) is 5.82 Å². The van der Waals surface area contributed by atoms with Crippen molar-refractivity contribution in [2.75, 3.05) is 6.54 Å². The first-order chi connectivity index (χ1) is 14.1. The highest BCUT2D eigenvalue weighted by atomic mass is 19.1. The SMILES string of the molecule is O=C(NC(Cc1ccccc1)C(=O)NCCc1ccccc1)c1ccccc1F. The molecule has 5 heteroatoms. The molecule has 0 heterocycles. The molecule has 3 rings (SSSR count). The second kappa shape index (κ2) is 10.2. The van der Waals surface area contributed by atoms with E-state index in [0.29, 0.717) is 19.4 Å². The Bertz CT molecular complexity index is 945. The van der Waals surface area contributed by atoms with Gasteiger partial charge in [0, 0.05) is 13.0 Å². The van der Waals surface area contributed by atoms with E-state index in [0.717, 1.165) is 11.1 Å². The van der Waals surface area contributed by atoms with Gasteiger partial charge < -0.3 is 10.6 Å². The molecule has 2 N–H and O–H groups in total. The lowest BCUT2D eigenvalue weighted by Gasteiger charge is -2.19. The number of halogens is 1. The second-order valence-corrected chi connectivity index (χ2v) is 6.72. The monoisotopic (exact) mass is 390 g/mol. The van der Waals surface area contributed by atoms with Crippen LogP contribution >= 0.6 is 0 Å². The summed E-state index contributed by atoms with van der Waals surface area (Å²) in [5.74, 6) is -1.52. The van der Waals surface area contributed by atoms with Gasteiger partial charge in [-0.2, -0.15) is 0 Å². The van der Waals surface area contributed by atoms with Crippen LogP contribution in [0.4, 0.5) is 4.39 Å². The predicted molar refractivity (Wildman–Crippen MR) is 111 cm³/mol. The maximum atomic E-state index is 13.9. The molecule has 0 fully saturated rings. The predicted octanol–water partition coefficient (Wildman–Crippen LogP) is 3.53. The van der Waals surface area contributed by atoms with Crippen LogP contribution < -0.4 is 10.6 Å². The van der Waals surface area contributed by atoms with Gasteiger partial charge in [-0.25, -0.2) is 4.39 Å². The average molecular weight is 390 g/mol. The van der Waals surface area contributed by atoms with Gasteiger partial charge in [-0.15, -0.1) is 0 Å². The van der Waals surface area contributed by atoms with Crippen molar-refractivity contribution in [1.82, 2.24) is 10.6 Å². The molecule has 0 radical (unpaired) electrons. The molecular formula is C24H23FN2O2. The molecule has 0 spiro atoms. The van der Waals surface area contributed by atoms with E-state index in [1.165, 1.54) is 18.2 Å². The summed E-state index contributed by atoms with van der Waals surface area (Å²) in [5, 5.41) is 5.56. The summed E-state index contributed by atoms with van der Waals surface area (Å²) in [6, 6.07) is 24.2. The van der Waals surface area contributed by atoms with E-state index in [1.807, 2.05) is 60.7 Å². The summed E-state index contributed by atoms with van der Waals surface area (Å²) >= 11 is 0. The van der Waals surface area contributed by atoms with Gasteiger partial charge in [-0.1, -0.05) is 72.8 Å². The van der Waals surface area contributed by atoms with Gasteiger partial charge in [0.05, 0.1) is 5.56 Å². The van der Waals surface area contributed by atoms with Crippen molar-refractivity contribution in [2.24, 2.45) is 0 Å². The summed E-state index contributed by atoms with van der Waals surface area (Å²) in [7, 11) is 0. The largest absolute Gasteiger partial charge is 0.354 e. The van der Waals surface area contributed by atoms with Crippen LogP contribution in [-0.2, 0) is 17.6 Å². The number of rotatable bonds is 8. The molecule has 0 saturated carbocycles. The van der Waals surface area contributed by atoms with E-state index in [4.69, 9.17) is 0 Å². The number of carbonyl (C=O) groups is 2. The number of nitrogens with one attached hydrogen (secondary N) is 2. The molecule has 3 aromatic rings. The highest BCUT2D eigenvalue weighted by Gasteiger charge is 2.23. The lowest BCUT2D eigenvalue weighted by Crippen LogP contribution is -2.48. The third kappa shape index (κ3) is 6.01. The van der Waals surface area contributed by atoms with E-state index < -0.39 is 17.8 Å². The first kappa shape index (κ1) is 20.3. The molecule has 1 atom stereocenters. The van der Waals surface area contributed by atoms with Gasteiger partial charge in [-0.3, -0.25) is 9.59 Å². The smallest absolute Gasteiger partial charge is 0.254 e. The molecule has 4 nitrogen and oxygen atoms in total. The second-order valence-electron chi connectivity index (χ2n) is 6.72. The highest BCUT2D eigenvalue weighted by molar-refractivity contribution is 5.97. The average Bonchev–Trinajstić information content (AvgIpc) is 2.75. The fourth-order valence-electron chi connectivity index (χ4n) is 3.04. The molecule has 0 bridgehead atoms. The quantitative estimate of drug-likeness (QED) is 0.618. The van der Waals surface area contributed by atoms with Crippen LogP contribution in [-0.4, -0.2) is 24.4 Å². The summed E-state index contributed by atoms with van der Waals surface area (Å²) in [6.45, 7) is 0.448. The molecule has 1 unspecified atom stereocenters. The highest BCUT2D eigenvalue weighted by Crippen LogP contribution is 2.09. The topological polar surface area (TPSA) is 58.2 Å². The summed E-state index contributed by atoms with van der Waals surface area (Å²) in [6.07, 6.45) is 1.00. The minimum atomic E-state index is -0.805. The van der Waals surface area contributed by atoms with E-state index >= 15 is 0 Å². The van der Waals surface area contributed by atoms with Crippen LogP contribution in [0.5, 0.6) is 0 Å². The fraction of sp³-hybridized carbons (Fsp3) is 0.167. The molecule has 3 aromatic carbocycles. The molecule has 0 aliphatic rings. The Morgan fingerprint density at radius 1 is 0.793 bits per heavy atom. The Labute approximate surface area is 169 Å². The van der Waals surface area contributed by atoms with Crippen molar-refractivity contribution >= 4 is 11.8 Å². The van der Waals surface area contributed by atoms with Crippen molar-refractivity contribution < 1.29 is 14.0 Å². The van der Waals surface area contributed by atoms with Gasteiger partial charge in [0.15, 0.2) is 0 Å². The normalized spacial score (nSPS) is 11.5. The van der Waals surface area contributed by atoms with Crippen LogP contribution in [0.15, 0.2) is 84.9 Å². The van der Waals surface area contributed by atoms with Crippen LogP contribution in [0.1, 0.15) is 21.5 Å². The molecule has 0 saturated heterocycles. The number of carbonyl (C=O) groups excluding carboxylic acids is 2. The number of benzene rings is 3. The zero-order valence-electron chi connectivity index (χ0n) is 16.0. The van der Waals surface area contributed by atoms with Gasteiger partial charge >= 0.3 is 0 Å². The minimum absolute atomic E-state index is 0.0809. The Balaban J connectivity index is 1.67. The molecular weight excluding hydrogens is 367 g/mol. The minimum Gasteiger partial charge on any atom is -0.354 e. The number of amides is 2. The lowest BCUT2D eigenvalue weighted by molar-refractivity contribution is -0.122. The Hall–Kier alpha value is -3.47. The van der Waals surface area contributed by atoms with Crippen LogP contribution in [0.25, 0.3) is 0 Å². The zero-order chi connectivity index (χ0) is 20.5. The molecule has 0 aliphatic carbocycles. The maximum absolute atomic E-state index is 13.9. The summed E-state index contributed by atoms with van der Waals surface area (Å²) in [4.78, 5) is 25.3. The first-order valence-corrected chi connectivity index (χ1v) is 9.54. The first-order valence-electron chi connectivity index (χ1n) is 9.54. The summed E-state index contributed by atoms with van der Waals surface area (Å²) < 4.78 is 13.9. The molecule has 2 amide bonds. The number of hydrogen-bond acceptors (Lipinski definition) is 2. The van der Waals surface area contributed by atoms with Gasteiger partial charge in [-0.05, 0) is 29.7 Å². The molecule has 148 valence electrons. The van der Waals surface area contributed by atoms with Crippen molar-refractivity contribution in [1.29, 1.82) is 0 Å². The molecule has 29 heavy (non-hydrogen) atoms. The standard InChI is InChI=1S/C24H23FN2O2/c25-21-14-8-7-13-20(21)23(28)27-22(17-19-11-5-2-6-12-19)24(29)26-16-15-18-9-3-1-4-10-18/h1-14,22H,15-17H2,(H,26,29)(H,27,28). The van der Waals surface area contributed by atoms with E-state index in [-0.39, 0.29) is 11.5 Å². The van der Waals surface area contributed by atoms with E-state index in [2.05, 4.69) is 10.6 Å². The van der Waals surface area contributed by atoms with Gasteiger partial charge in [0.25, 0.3) is 5.91 Å². The van der Waals surface area contributed by atoms with Crippen molar-refractivity contribution in [3.05, 3.63) is 107 Å². The molecule has 0 aromatic heterocycles. The van der Waals surface area contributed by atoms with E-state index in [9.17, 15) is 14.0 Å². The lowest BCUT2D eigenvalue weighted by atomic mass is 10.0. The number of hydrogen-bond donors (Lipinski definition) is 2. The van der Waals surface area contributed by atoms with Crippen molar-refractivity contribution in [3.8, 4) is 0 Å². The third-order valence-electron chi connectivity index (χ3n) is 4.58.